The monoisotopic (exact) mass is 450 g/mol. The van der Waals surface area contributed by atoms with Crippen molar-refractivity contribution < 1.29 is 14.3 Å². The molecule has 5 heteroatoms. The molecule has 0 atom stereocenters. The smallest absolute Gasteiger partial charge is 0.322 e. The van der Waals surface area contributed by atoms with Crippen LogP contribution < -0.4 is 5.32 Å². The van der Waals surface area contributed by atoms with Crippen molar-refractivity contribution in [3.8, 4) is 22.6 Å². The third kappa shape index (κ3) is 4.64. The summed E-state index contributed by atoms with van der Waals surface area (Å²) in [6, 6.07) is 20.2. The van der Waals surface area contributed by atoms with Gasteiger partial charge in [-0.25, -0.2) is 4.98 Å². The minimum atomic E-state index is -0.872. The highest BCUT2D eigenvalue weighted by Gasteiger charge is 2.23. The molecule has 0 saturated heterocycles. The molecule has 0 amide bonds. The van der Waals surface area contributed by atoms with E-state index in [1.807, 2.05) is 48.5 Å². The quantitative estimate of drug-likeness (QED) is 0.436. The molecule has 34 heavy (non-hydrogen) atoms. The van der Waals surface area contributed by atoms with E-state index in [1.54, 1.807) is 0 Å². The number of hydrogen-bond acceptors (Lipinski definition) is 4. The van der Waals surface area contributed by atoms with E-state index in [1.165, 1.54) is 11.1 Å². The Kier molecular flexibility index (Phi) is 6.25. The zero-order chi connectivity index (χ0) is 23.3. The number of benzene rings is 2. The fourth-order valence-corrected chi connectivity index (χ4v) is 4.45. The summed E-state index contributed by atoms with van der Waals surface area (Å²) in [5.41, 5.74) is 7.10. The first kappa shape index (κ1) is 21.7. The predicted molar refractivity (Wildman–Crippen MR) is 134 cm³/mol. The van der Waals surface area contributed by atoms with Crippen molar-refractivity contribution >= 4 is 11.5 Å². The van der Waals surface area contributed by atoms with Crippen LogP contribution in [0.2, 0.25) is 0 Å². The van der Waals surface area contributed by atoms with Gasteiger partial charge in [0.05, 0.1) is 0 Å². The summed E-state index contributed by atoms with van der Waals surface area (Å²) in [6.45, 7) is -0.0952. The van der Waals surface area contributed by atoms with Gasteiger partial charge in [-0.15, -0.1) is 0 Å². The Morgan fingerprint density at radius 1 is 0.971 bits per heavy atom. The molecule has 1 heterocycles. The standard InChI is InChI=1S/C29H26N2O3/c32-26(33)19-30-23-15-9-14-22(18-23)24-16-7-8-17-25(24)29-31-27(20-10-3-1-4-11-20)28(34-29)21-12-5-2-6-13-21/h1-6,8,10-13,15,17-18,30H,7,9,14,16,19H2,(H,32,33). The number of oxazole rings is 1. The summed E-state index contributed by atoms with van der Waals surface area (Å²) >= 11 is 0. The maximum atomic E-state index is 11.0. The maximum absolute atomic E-state index is 11.0. The Morgan fingerprint density at radius 3 is 2.44 bits per heavy atom. The van der Waals surface area contributed by atoms with Crippen molar-refractivity contribution in [1.82, 2.24) is 10.3 Å². The van der Waals surface area contributed by atoms with E-state index in [2.05, 4.69) is 41.8 Å². The minimum Gasteiger partial charge on any atom is -0.480 e. The van der Waals surface area contributed by atoms with Crippen LogP contribution in [0.5, 0.6) is 0 Å². The Balaban J connectivity index is 1.59. The number of carboxylic acid groups (broad SMARTS) is 1. The molecular weight excluding hydrogens is 424 g/mol. The molecule has 170 valence electrons. The van der Waals surface area contributed by atoms with Crippen LogP contribution in [0, 0.1) is 0 Å². The minimum absolute atomic E-state index is 0.0952. The first-order chi connectivity index (χ1) is 16.7. The molecule has 2 aliphatic carbocycles. The van der Waals surface area contributed by atoms with E-state index in [0.717, 1.165) is 59.5 Å². The predicted octanol–water partition coefficient (Wildman–Crippen LogP) is 6.39. The summed E-state index contributed by atoms with van der Waals surface area (Å²) in [5.74, 6) is 0.497. The Hall–Kier alpha value is -4.12. The Bertz CT molecular complexity index is 1250. The van der Waals surface area contributed by atoms with Crippen molar-refractivity contribution in [2.24, 2.45) is 0 Å². The molecule has 3 aromatic rings. The van der Waals surface area contributed by atoms with Gasteiger partial charge in [-0.3, -0.25) is 4.79 Å². The van der Waals surface area contributed by atoms with Gasteiger partial charge in [0.1, 0.15) is 12.2 Å². The van der Waals surface area contributed by atoms with Crippen LogP contribution >= 0.6 is 0 Å². The lowest BCUT2D eigenvalue weighted by Crippen LogP contribution is -2.22. The first-order valence-electron chi connectivity index (χ1n) is 11.6. The second-order valence-electron chi connectivity index (χ2n) is 8.38. The van der Waals surface area contributed by atoms with E-state index < -0.39 is 5.97 Å². The SMILES string of the molecule is O=C(O)CNC1=CCCC(C2=C(c3nc(-c4ccccc4)c(-c4ccccc4)o3)C=CCC2)=C1. The van der Waals surface area contributed by atoms with Crippen LogP contribution in [0.1, 0.15) is 31.6 Å². The molecular formula is C29H26N2O3. The van der Waals surface area contributed by atoms with Gasteiger partial charge in [-0.2, -0.15) is 0 Å². The van der Waals surface area contributed by atoms with Crippen molar-refractivity contribution in [2.75, 3.05) is 6.54 Å². The average Bonchev–Trinajstić information content (AvgIpc) is 3.34. The normalized spacial score (nSPS) is 15.6. The summed E-state index contributed by atoms with van der Waals surface area (Å²) in [7, 11) is 0. The van der Waals surface area contributed by atoms with Gasteiger partial charge in [-0.05, 0) is 42.9 Å². The number of hydrogen-bond donors (Lipinski definition) is 2. The number of rotatable bonds is 7. The van der Waals surface area contributed by atoms with Crippen LogP contribution in [0.4, 0.5) is 0 Å². The molecule has 0 aliphatic heterocycles. The molecule has 0 radical (unpaired) electrons. The molecule has 1 aromatic heterocycles. The number of allylic oxidation sites excluding steroid dienone is 7. The summed E-state index contributed by atoms with van der Waals surface area (Å²) in [6.07, 6.45) is 12.0. The molecule has 5 rings (SSSR count). The van der Waals surface area contributed by atoms with E-state index in [4.69, 9.17) is 14.5 Å². The third-order valence-corrected chi connectivity index (χ3v) is 6.05. The lowest BCUT2D eigenvalue weighted by molar-refractivity contribution is -0.135. The number of aliphatic carboxylic acids is 1. The highest BCUT2D eigenvalue weighted by atomic mass is 16.4. The van der Waals surface area contributed by atoms with Crippen molar-refractivity contribution in [2.45, 2.75) is 25.7 Å². The number of nitrogens with one attached hydrogen (secondary N) is 1. The molecule has 2 aromatic carbocycles. The zero-order valence-corrected chi connectivity index (χ0v) is 18.8. The van der Waals surface area contributed by atoms with Crippen LogP contribution in [0.3, 0.4) is 0 Å². The van der Waals surface area contributed by atoms with Crippen LogP contribution in [-0.4, -0.2) is 22.6 Å². The number of carbonyl (C=O) groups is 1. The fraction of sp³-hybridized carbons (Fsp3) is 0.172. The highest BCUT2D eigenvalue weighted by molar-refractivity contribution is 5.82. The molecule has 0 bridgehead atoms. The van der Waals surface area contributed by atoms with E-state index in [-0.39, 0.29) is 6.54 Å². The van der Waals surface area contributed by atoms with Crippen LogP contribution in [0.15, 0.2) is 106 Å². The van der Waals surface area contributed by atoms with E-state index in [9.17, 15) is 4.79 Å². The van der Waals surface area contributed by atoms with Gasteiger partial charge in [0, 0.05) is 22.4 Å². The Morgan fingerprint density at radius 2 is 1.71 bits per heavy atom. The number of aromatic nitrogens is 1. The van der Waals surface area contributed by atoms with Gasteiger partial charge >= 0.3 is 5.97 Å². The second kappa shape index (κ2) is 9.79. The van der Waals surface area contributed by atoms with Crippen molar-refractivity contribution in [1.29, 1.82) is 0 Å². The first-order valence-corrected chi connectivity index (χ1v) is 11.6. The summed E-state index contributed by atoms with van der Waals surface area (Å²) < 4.78 is 6.47. The van der Waals surface area contributed by atoms with Gasteiger partial charge < -0.3 is 14.8 Å². The number of carboxylic acids is 1. The lowest BCUT2D eigenvalue weighted by atomic mass is 9.86. The Labute approximate surface area is 198 Å². The molecule has 0 unspecified atom stereocenters. The number of nitrogens with zero attached hydrogens (tertiary/aromatic N) is 1. The van der Waals surface area contributed by atoms with E-state index in [0.29, 0.717) is 5.89 Å². The maximum Gasteiger partial charge on any atom is 0.322 e. The van der Waals surface area contributed by atoms with Gasteiger partial charge in [-0.1, -0.05) is 78.9 Å². The summed E-state index contributed by atoms with van der Waals surface area (Å²) in [4.78, 5) is 16.0. The largest absolute Gasteiger partial charge is 0.480 e. The van der Waals surface area contributed by atoms with Crippen molar-refractivity contribution in [3.05, 3.63) is 108 Å². The zero-order valence-electron chi connectivity index (χ0n) is 18.8. The average molecular weight is 451 g/mol. The lowest BCUT2D eigenvalue weighted by Gasteiger charge is -2.21. The summed E-state index contributed by atoms with van der Waals surface area (Å²) in [5, 5.41) is 12.0. The molecule has 0 fully saturated rings. The van der Waals surface area contributed by atoms with Gasteiger partial charge in [0.25, 0.3) is 0 Å². The second-order valence-corrected chi connectivity index (χ2v) is 8.38. The van der Waals surface area contributed by atoms with Crippen molar-refractivity contribution in [3.63, 3.8) is 0 Å². The van der Waals surface area contributed by atoms with E-state index >= 15 is 0 Å². The highest BCUT2D eigenvalue weighted by Crippen LogP contribution is 2.39. The molecule has 2 aliphatic rings. The fourth-order valence-electron chi connectivity index (χ4n) is 4.45. The molecule has 5 nitrogen and oxygen atoms in total. The van der Waals surface area contributed by atoms with Crippen LogP contribution in [0.25, 0.3) is 28.2 Å². The molecule has 2 N–H and O–H groups in total. The topological polar surface area (TPSA) is 75.4 Å². The van der Waals surface area contributed by atoms with Gasteiger partial charge in [0.2, 0.25) is 5.89 Å². The molecule has 0 spiro atoms. The molecule has 0 saturated carbocycles. The third-order valence-electron chi connectivity index (χ3n) is 6.05. The van der Waals surface area contributed by atoms with Gasteiger partial charge in [0.15, 0.2) is 5.76 Å². The van der Waals surface area contributed by atoms with Crippen LogP contribution in [-0.2, 0) is 4.79 Å².